The zero-order chi connectivity index (χ0) is 22.9. The number of aliphatic hydroxyl groups excluding tert-OH is 1. The van der Waals surface area contributed by atoms with Crippen LogP contribution in [0.25, 0.3) is 11.2 Å². The third-order valence-corrected chi connectivity index (χ3v) is 8.03. The highest BCUT2D eigenvalue weighted by molar-refractivity contribution is 6.76. The molecule has 176 valence electrons. The van der Waals surface area contributed by atoms with Gasteiger partial charge in [-0.3, -0.25) is 0 Å². The lowest BCUT2D eigenvalue weighted by Gasteiger charge is -2.30. The number of nitrogens with zero attached hydrogens (tertiary/aromatic N) is 4. The second-order valence-electron chi connectivity index (χ2n) is 10.3. The van der Waals surface area contributed by atoms with Gasteiger partial charge < -0.3 is 29.7 Å². The van der Waals surface area contributed by atoms with Crippen LogP contribution in [0.2, 0.25) is 25.7 Å². The highest BCUT2D eigenvalue weighted by atomic mass is 28.3. The molecule has 0 spiro atoms. The molecule has 1 aliphatic carbocycles. The smallest absolute Gasteiger partial charge is 0.407 e. The normalized spacial score (nSPS) is 18.8. The Morgan fingerprint density at radius 2 is 2.00 bits per heavy atom. The van der Waals surface area contributed by atoms with Gasteiger partial charge >= 0.3 is 6.09 Å². The number of fused-ring (bicyclic) bond motifs is 1. The molecule has 1 aliphatic heterocycles. The molecule has 1 atom stereocenters. The van der Waals surface area contributed by atoms with Gasteiger partial charge in [0.25, 0.3) is 0 Å². The van der Waals surface area contributed by atoms with Crippen molar-refractivity contribution in [3.05, 3.63) is 18.0 Å². The minimum Gasteiger partial charge on any atom is -0.465 e. The van der Waals surface area contributed by atoms with Gasteiger partial charge in [0, 0.05) is 45.6 Å². The van der Waals surface area contributed by atoms with E-state index in [-0.39, 0.29) is 6.04 Å². The van der Waals surface area contributed by atoms with E-state index in [0.29, 0.717) is 37.1 Å². The van der Waals surface area contributed by atoms with Crippen LogP contribution in [0.1, 0.15) is 37.4 Å². The summed E-state index contributed by atoms with van der Waals surface area (Å²) < 4.78 is 7.88. The van der Waals surface area contributed by atoms with Gasteiger partial charge in [0.05, 0.1) is 12.3 Å². The van der Waals surface area contributed by atoms with Crippen LogP contribution in [-0.4, -0.2) is 69.6 Å². The summed E-state index contributed by atoms with van der Waals surface area (Å²) in [6.45, 7) is 9.13. The topological polar surface area (TPSA) is 113 Å². The molecule has 1 saturated carbocycles. The summed E-state index contributed by atoms with van der Waals surface area (Å²) >= 11 is 0. The van der Waals surface area contributed by atoms with Gasteiger partial charge in [0.2, 0.25) is 0 Å². The number of anilines is 1. The van der Waals surface area contributed by atoms with E-state index < -0.39 is 20.3 Å². The lowest BCUT2D eigenvalue weighted by molar-refractivity contribution is 0.0891. The van der Waals surface area contributed by atoms with Crippen molar-refractivity contribution in [3.63, 3.8) is 0 Å². The SMILES string of the molecule is C[Si](C)(C)CCOCn1cc(C(O)C2CC2)c2nc(NC3CCN(C(=O)O)CC3)cnc21. The number of rotatable bonds is 9. The number of carboxylic acid groups (broad SMARTS) is 1. The highest BCUT2D eigenvalue weighted by Gasteiger charge is 2.33. The predicted octanol–water partition coefficient (Wildman–Crippen LogP) is 3.74. The standard InChI is InChI=1S/C22H35N5O4Si/c1-32(2,3)11-10-31-14-27-13-17(20(28)15-4-5-15)19-21(27)23-12-18(25-19)24-16-6-8-26(9-7-16)22(29)30/h12-13,15-16,20,28H,4-11,14H2,1-3H3,(H,24,25)(H,29,30). The molecule has 10 heteroatoms. The number of ether oxygens (including phenoxy) is 1. The van der Waals surface area contributed by atoms with E-state index in [1.807, 2.05) is 10.8 Å². The van der Waals surface area contributed by atoms with Crippen LogP contribution in [0.3, 0.4) is 0 Å². The largest absolute Gasteiger partial charge is 0.465 e. The van der Waals surface area contributed by atoms with Gasteiger partial charge in [-0.15, -0.1) is 0 Å². The molecule has 2 aromatic heterocycles. The molecule has 3 heterocycles. The molecule has 0 aromatic carbocycles. The van der Waals surface area contributed by atoms with Crippen molar-refractivity contribution in [1.82, 2.24) is 19.4 Å². The zero-order valence-electron chi connectivity index (χ0n) is 19.3. The van der Waals surface area contributed by atoms with E-state index in [0.717, 1.165) is 49.5 Å². The van der Waals surface area contributed by atoms with Crippen molar-refractivity contribution in [2.24, 2.45) is 5.92 Å². The maximum Gasteiger partial charge on any atom is 0.407 e. The average Bonchev–Trinajstić information content (AvgIpc) is 3.53. The number of amides is 1. The summed E-state index contributed by atoms with van der Waals surface area (Å²) in [7, 11) is -1.15. The van der Waals surface area contributed by atoms with Gasteiger partial charge in [-0.05, 0) is 37.6 Å². The highest BCUT2D eigenvalue weighted by Crippen LogP contribution is 2.42. The second-order valence-corrected chi connectivity index (χ2v) is 15.9. The van der Waals surface area contributed by atoms with Crippen molar-refractivity contribution in [3.8, 4) is 0 Å². The molecule has 3 N–H and O–H groups in total. The molecule has 1 amide bonds. The van der Waals surface area contributed by atoms with Crippen molar-refractivity contribution < 1.29 is 19.7 Å². The fraction of sp³-hybridized carbons (Fsp3) is 0.682. The Morgan fingerprint density at radius 3 is 2.62 bits per heavy atom. The summed E-state index contributed by atoms with van der Waals surface area (Å²) in [4.78, 5) is 22.0. The van der Waals surface area contributed by atoms with E-state index in [2.05, 4.69) is 29.9 Å². The van der Waals surface area contributed by atoms with Crippen molar-refractivity contribution in [2.45, 2.75) is 70.2 Å². The van der Waals surface area contributed by atoms with E-state index in [1.54, 1.807) is 6.20 Å². The molecular weight excluding hydrogens is 426 g/mol. The first-order valence-electron chi connectivity index (χ1n) is 11.6. The van der Waals surface area contributed by atoms with Gasteiger partial charge in [-0.1, -0.05) is 19.6 Å². The lowest BCUT2D eigenvalue weighted by atomic mass is 10.1. The Balaban J connectivity index is 1.49. The fourth-order valence-electron chi connectivity index (χ4n) is 4.09. The molecule has 9 nitrogen and oxygen atoms in total. The maximum absolute atomic E-state index is 11.1. The Hall–Kier alpha value is -2.17. The first-order valence-corrected chi connectivity index (χ1v) is 15.3. The monoisotopic (exact) mass is 461 g/mol. The van der Waals surface area contributed by atoms with Crippen LogP contribution in [-0.2, 0) is 11.5 Å². The Bertz CT molecular complexity index is 948. The molecule has 0 bridgehead atoms. The summed E-state index contributed by atoms with van der Waals surface area (Å²) in [6.07, 6.45) is 5.79. The Kier molecular flexibility index (Phi) is 6.73. The lowest BCUT2D eigenvalue weighted by Crippen LogP contribution is -2.41. The molecule has 0 radical (unpaired) electrons. The van der Waals surface area contributed by atoms with E-state index in [1.165, 1.54) is 4.90 Å². The Labute approximate surface area is 189 Å². The first kappa shape index (κ1) is 23.0. The third-order valence-electron chi connectivity index (χ3n) is 6.33. The van der Waals surface area contributed by atoms with Crippen LogP contribution in [0.5, 0.6) is 0 Å². The number of aliphatic hydroxyl groups is 1. The van der Waals surface area contributed by atoms with E-state index in [4.69, 9.17) is 14.8 Å². The average molecular weight is 462 g/mol. The van der Waals surface area contributed by atoms with Gasteiger partial charge in [-0.2, -0.15) is 0 Å². The molecule has 1 saturated heterocycles. The minimum absolute atomic E-state index is 0.154. The van der Waals surface area contributed by atoms with Crippen LogP contribution < -0.4 is 5.32 Å². The number of hydrogen-bond acceptors (Lipinski definition) is 6. The summed E-state index contributed by atoms with van der Waals surface area (Å²) in [5.74, 6) is 0.952. The molecule has 2 aliphatic rings. The number of likely N-dealkylation sites (tertiary alicyclic amines) is 1. The number of nitrogens with one attached hydrogen (secondary N) is 1. The summed E-state index contributed by atoms with van der Waals surface area (Å²) in [6, 6.07) is 1.26. The van der Waals surface area contributed by atoms with Gasteiger partial charge in [0.15, 0.2) is 5.65 Å². The van der Waals surface area contributed by atoms with Gasteiger partial charge in [0.1, 0.15) is 18.1 Å². The third kappa shape index (κ3) is 5.60. The summed E-state index contributed by atoms with van der Waals surface area (Å²) in [5.41, 5.74) is 2.25. The molecule has 32 heavy (non-hydrogen) atoms. The Morgan fingerprint density at radius 1 is 1.28 bits per heavy atom. The quantitative estimate of drug-likeness (QED) is 0.385. The van der Waals surface area contributed by atoms with Crippen molar-refractivity contribution in [2.75, 3.05) is 25.0 Å². The molecule has 2 fully saturated rings. The van der Waals surface area contributed by atoms with Crippen molar-refractivity contribution in [1.29, 1.82) is 0 Å². The van der Waals surface area contributed by atoms with Crippen molar-refractivity contribution >= 4 is 31.1 Å². The van der Waals surface area contributed by atoms with Crippen LogP contribution in [0, 0.1) is 5.92 Å². The van der Waals surface area contributed by atoms with Crippen LogP contribution in [0.4, 0.5) is 10.6 Å². The predicted molar refractivity (Wildman–Crippen MR) is 126 cm³/mol. The first-order chi connectivity index (χ1) is 15.2. The van der Waals surface area contributed by atoms with Gasteiger partial charge in [-0.25, -0.2) is 14.8 Å². The number of carbonyl (C=O) groups is 1. The number of piperidine rings is 1. The molecule has 1 unspecified atom stereocenters. The maximum atomic E-state index is 11.1. The number of hydrogen-bond donors (Lipinski definition) is 3. The minimum atomic E-state index is -1.15. The zero-order valence-corrected chi connectivity index (χ0v) is 20.3. The molecule has 2 aromatic rings. The second kappa shape index (κ2) is 9.36. The van der Waals surface area contributed by atoms with E-state index >= 15 is 0 Å². The van der Waals surface area contributed by atoms with E-state index in [9.17, 15) is 9.90 Å². The molecular formula is C22H35N5O4Si. The van der Waals surface area contributed by atoms with Crippen LogP contribution >= 0.6 is 0 Å². The fourth-order valence-corrected chi connectivity index (χ4v) is 4.85. The number of aromatic nitrogens is 3. The van der Waals surface area contributed by atoms with Crippen LogP contribution in [0.15, 0.2) is 12.4 Å². The summed E-state index contributed by atoms with van der Waals surface area (Å²) in [5, 5.41) is 23.4. The molecule has 4 rings (SSSR count).